The Labute approximate surface area is 222 Å². The average molecular weight is 529 g/mol. The maximum Gasteiger partial charge on any atom is 0.271 e. The van der Waals surface area contributed by atoms with Crippen LogP contribution in [0.15, 0.2) is 52.4 Å². The highest BCUT2D eigenvalue weighted by atomic mass is 35.5. The Morgan fingerprint density at radius 1 is 1.25 bits per heavy atom. The summed E-state index contributed by atoms with van der Waals surface area (Å²) in [4.78, 5) is 20.3. The lowest BCUT2D eigenvalue weighted by molar-refractivity contribution is -0.113. The highest BCUT2D eigenvalue weighted by molar-refractivity contribution is 8.19. The summed E-state index contributed by atoms with van der Waals surface area (Å²) in [6.07, 6.45) is 5.71. The van der Waals surface area contributed by atoms with Gasteiger partial charge >= 0.3 is 0 Å². The number of aliphatic hydroxyl groups is 1. The van der Waals surface area contributed by atoms with Gasteiger partial charge in [-0.05, 0) is 79.3 Å². The third-order valence-corrected chi connectivity index (χ3v) is 7.51. The second-order valence-corrected chi connectivity index (χ2v) is 10.6. The summed E-state index contributed by atoms with van der Waals surface area (Å²) in [6, 6.07) is 13.2. The number of carbonyl (C=O) groups excluding carboxylic acids is 1. The monoisotopic (exact) mass is 528 g/mol. The number of ether oxygens (including phenoxy) is 2. The van der Waals surface area contributed by atoms with Crippen LogP contribution in [0.1, 0.15) is 43.7 Å². The van der Waals surface area contributed by atoms with E-state index in [-0.39, 0.29) is 19.1 Å². The molecule has 2 aromatic carbocycles. The van der Waals surface area contributed by atoms with Crippen LogP contribution in [0.4, 0.5) is 5.69 Å². The average Bonchev–Trinajstić information content (AvgIpc) is 3.13. The summed E-state index contributed by atoms with van der Waals surface area (Å²) in [5.41, 5.74) is 2.64. The molecule has 2 fully saturated rings. The molecular weight excluding hydrogens is 496 g/mol. The highest BCUT2D eigenvalue weighted by Gasteiger charge is 2.35. The summed E-state index contributed by atoms with van der Waals surface area (Å²) in [5.74, 6) is 1.01. The standard InChI is InChI=1S/C28H33ClN2O4S/c1-3-13-30-28-31(24-10-5-4-7-19(24)2)27(33)26(36-28)15-21-11-12-25(23(29)14-21)35-18-22(32)17-34-16-20-8-6-9-20/h4-5,7,10-12,14-15,20,22,32H,3,6,8-9,13,16-18H2,1-2H3/b26-15-,30-28?/t22-/m1/s1. The number of hydrogen-bond donors (Lipinski definition) is 1. The second kappa shape index (κ2) is 12.8. The number of benzene rings is 2. The molecule has 1 saturated heterocycles. The van der Waals surface area contributed by atoms with Crippen molar-refractivity contribution in [3.63, 3.8) is 0 Å². The second-order valence-electron chi connectivity index (χ2n) is 9.19. The highest BCUT2D eigenvalue weighted by Crippen LogP contribution is 2.38. The number of thioether (sulfide) groups is 1. The third kappa shape index (κ3) is 6.71. The number of nitrogens with zero attached hydrogens (tertiary/aromatic N) is 2. The molecule has 1 aliphatic carbocycles. The molecule has 1 saturated carbocycles. The van der Waals surface area contributed by atoms with Gasteiger partial charge in [-0.1, -0.05) is 49.2 Å². The summed E-state index contributed by atoms with van der Waals surface area (Å²) >= 11 is 7.83. The van der Waals surface area contributed by atoms with E-state index in [0.717, 1.165) is 23.2 Å². The molecule has 2 aliphatic rings. The maximum absolute atomic E-state index is 13.4. The fourth-order valence-corrected chi connectivity index (χ4v) is 5.19. The summed E-state index contributed by atoms with van der Waals surface area (Å²) in [7, 11) is 0. The minimum absolute atomic E-state index is 0.0990. The topological polar surface area (TPSA) is 71.4 Å². The molecule has 1 heterocycles. The van der Waals surface area contributed by atoms with Crippen molar-refractivity contribution in [2.45, 2.75) is 45.6 Å². The molecule has 0 spiro atoms. The first kappa shape index (κ1) is 26.7. The van der Waals surface area contributed by atoms with Crippen LogP contribution in [0, 0.1) is 12.8 Å². The van der Waals surface area contributed by atoms with Gasteiger partial charge in [-0.25, -0.2) is 0 Å². The number of aliphatic imine (C=N–C) groups is 1. The van der Waals surface area contributed by atoms with Gasteiger partial charge in [0.15, 0.2) is 5.17 Å². The number of rotatable bonds is 11. The van der Waals surface area contributed by atoms with Gasteiger partial charge in [0.25, 0.3) is 5.91 Å². The van der Waals surface area contributed by atoms with Crippen molar-refractivity contribution in [1.82, 2.24) is 0 Å². The van der Waals surface area contributed by atoms with E-state index in [0.29, 0.717) is 39.9 Å². The van der Waals surface area contributed by atoms with Gasteiger partial charge in [0.2, 0.25) is 0 Å². The van der Waals surface area contributed by atoms with Crippen molar-refractivity contribution in [3.05, 3.63) is 63.5 Å². The van der Waals surface area contributed by atoms with Crippen LogP contribution in [0.3, 0.4) is 0 Å². The van der Waals surface area contributed by atoms with Crippen molar-refractivity contribution in [2.75, 3.05) is 31.3 Å². The Kier molecular flexibility index (Phi) is 9.48. The zero-order valence-corrected chi connectivity index (χ0v) is 22.4. The molecule has 36 heavy (non-hydrogen) atoms. The van der Waals surface area contributed by atoms with Gasteiger partial charge in [-0.15, -0.1) is 0 Å². The predicted octanol–water partition coefficient (Wildman–Crippen LogP) is 6.09. The first-order chi connectivity index (χ1) is 17.5. The molecular formula is C28H33ClN2O4S. The minimum atomic E-state index is -0.719. The number of para-hydroxylation sites is 1. The lowest BCUT2D eigenvalue weighted by Gasteiger charge is -2.25. The number of halogens is 1. The predicted molar refractivity (Wildman–Crippen MR) is 148 cm³/mol. The van der Waals surface area contributed by atoms with Crippen LogP contribution >= 0.6 is 23.4 Å². The van der Waals surface area contributed by atoms with Crippen LogP contribution in [-0.4, -0.2) is 48.7 Å². The smallest absolute Gasteiger partial charge is 0.271 e. The quantitative estimate of drug-likeness (QED) is 0.357. The molecule has 8 heteroatoms. The molecule has 4 rings (SSSR count). The normalized spacial score (nSPS) is 19.2. The van der Waals surface area contributed by atoms with Crippen molar-refractivity contribution >= 4 is 46.2 Å². The molecule has 6 nitrogen and oxygen atoms in total. The van der Waals surface area contributed by atoms with Crippen LogP contribution in [0.2, 0.25) is 5.02 Å². The molecule has 2 aromatic rings. The molecule has 0 bridgehead atoms. The van der Waals surface area contributed by atoms with Crippen molar-refractivity contribution in [2.24, 2.45) is 10.9 Å². The number of amides is 1. The number of aliphatic hydroxyl groups excluding tert-OH is 1. The van der Waals surface area contributed by atoms with E-state index < -0.39 is 6.10 Å². The molecule has 1 N–H and O–H groups in total. The molecule has 0 aromatic heterocycles. The van der Waals surface area contributed by atoms with Crippen molar-refractivity contribution in [1.29, 1.82) is 0 Å². The Morgan fingerprint density at radius 3 is 2.75 bits per heavy atom. The summed E-state index contributed by atoms with van der Waals surface area (Å²) < 4.78 is 11.3. The number of amidine groups is 1. The Bertz CT molecular complexity index is 1130. The fraction of sp³-hybridized carbons (Fsp3) is 0.429. The molecule has 0 unspecified atom stereocenters. The number of anilines is 1. The van der Waals surface area contributed by atoms with Gasteiger partial charge < -0.3 is 14.6 Å². The van der Waals surface area contributed by atoms with E-state index in [1.807, 2.05) is 43.3 Å². The Hall–Kier alpha value is -2.32. The van der Waals surface area contributed by atoms with Gasteiger partial charge in [0, 0.05) is 13.2 Å². The first-order valence-corrected chi connectivity index (χ1v) is 13.7. The molecule has 1 aliphatic heterocycles. The van der Waals surface area contributed by atoms with Gasteiger partial charge in [0.05, 0.1) is 22.2 Å². The van der Waals surface area contributed by atoms with E-state index in [1.54, 1.807) is 17.0 Å². The van der Waals surface area contributed by atoms with E-state index >= 15 is 0 Å². The van der Waals surface area contributed by atoms with Crippen LogP contribution in [-0.2, 0) is 9.53 Å². The summed E-state index contributed by atoms with van der Waals surface area (Å²) in [6.45, 7) is 5.75. The fourth-order valence-electron chi connectivity index (χ4n) is 3.95. The third-order valence-electron chi connectivity index (χ3n) is 6.21. The maximum atomic E-state index is 13.4. The number of hydrogen-bond acceptors (Lipinski definition) is 6. The molecule has 192 valence electrons. The zero-order valence-electron chi connectivity index (χ0n) is 20.8. The zero-order chi connectivity index (χ0) is 25.5. The van der Waals surface area contributed by atoms with Gasteiger partial charge in [-0.3, -0.25) is 14.7 Å². The Balaban J connectivity index is 1.42. The van der Waals surface area contributed by atoms with Crippen LogP contribution in [0.25, 0.3) is 6.08 Å². The lowest BCUT2D eigenvalue weighted by Crippen LogP contribution is -2.29. The van der Waals surface area contributed by atoms with Gasteiger partial charge in [0.1, 0.15) is 18.5 Å². The van der Waals surface area contributed by atoms with E-state index in [9.17, 15) is 9.90 Å². The lowest BCUT2D eigenvalue weighted by atomic mass is 9.86. The van der Waals surface area contributed by atoms with E-state index in [4.69, 9.17) is 21.1 Å². The van der Waals surface area contributed by atoms with Crippen molar-refractivity contribution < 1.29 is 19.4 Å². The molecule has 1 atom stereocenters. The summed E-state index contributed by atoms with van der Waals surface area (Å²) in [5, 5.41) is 11.2. The minimum Gasteiger partial charge on any atom is -0.489 e. The SMILES string of the molecule is CCCN=C1S/C(=C\c2ccc(OC[C@H](O)COCC3CCC3)c(Cl)c2)C(=O)N1c1ccccc1C. The van der Waals surface area contributed by atoms with E-state index in [1.165, 1.54) is 31.0 Å². The van der Waals surface area contributed by atoms with E-state index in [2.05, 4.69) is 11.9 Å². The molecule has 0 radical (unpaired) electrons. The number of carbonyl (C=O) groups is 1. The molecule has 1 amide bonds. The van der Waals surface area contributed by atoms with Gasteiger partial charge in [-0.2, -0.15) is 0 Å². The van der Waals surface area contributed by atoms with Crippen LogP contribution < -0.4 is 9.64 Å². The van der Waals surface area contributed by atoms with Crippen molar-refractivity contribution in [3.8, 4) is 5.75 Å². The van der Waals surface area contributed by atoms with Crippen LogP contribution in [0.5, 0.6) is 5.75 Å². The number of aryl methyl sites for hydroxylation is 1. The first-order valence-electron chi connectivity index (χ1n) is 12.5. The Morgan fingerprint density at radius 2 is 2.06 bits per heavy atom. The largest absolute Gasteiger partial charge is 0.489 e.